The van der Waals surface area contributed by atoms with E-state index >= 15 is 0 Å². The molecule has 0 amide bonds. The smallest absolute Gasteiger partial charge is 0.0431 e. The minimum absolute atomic E-state index is 0.298. The number of halogens is 1. The molecule has 3 heteroatoms. The van der Waals surface area contributed by atoms with Crippen LogP contribution in [0.5, 0.6) is 0 Å². The van der Waals surface area contributed by atoms with Gasteiger partial charge in [-0.15, -0.1) is 0 Å². The van der Waals surface area contributed by atoms with Crippen molar-refractivity contribution >= 4 is 11.6 Å². The summed E-state index contributed by atoms with van der Waals surface area (Å²) in [4.78, 5) is 0. The second-order valence-electron chi connectivity index (χ2n) is 4.01. The van der Waals surface area contributed by atoms with Gasteiger partial charge in [0.25, 0.3) is 0 Å². The molecule has 0 heterocycles. The van der Waals surface area contributed by atoms with Crippen LogP contribution >= 0.6 is 11.6 Å². The third-order valence-corrected chi connectivity index (χ3v) is 2.91. The van der Waals surface area contributed by atoms with Crippen molar-refractivity contribution in [1.29, 1.82) is 0 Å². The van der Waals surface area contributed by atoms with E-state index in [0.29, 0.717) is 12.6 Å². The Bertz CT molecular complexity index is 286. The van der Waals surface area contributed by atoms with Crippen LogP contribution in [0.4, 0.5) is 0 Å². The molecule has 16 heavy (non-hydrogen) atoms. The Labute approximate surface area is 103 Å². The second-order valence-corrected chi connectivity index (χ2v) is 4.45. The Kier molecular flexibility index (Phi) is 6.46. The molecule has 0 radical (unpaired) electrons. The number of hydrogen-bond acceptors (Lipinski definition) is 2. The van der Waals surface area contributed by atoms with E-state index in [1.807, 2.05) is 24.3 Å². The minimum Gasteiger partial charge on any atom is -0.396 e. The van der Waals surface area contributed by atoms with Gasteiger partial charge in [-0.2, -0.15) is 0 Å². The van der Waals surface area contributed by atoms with Gasteiger partial charge in [-0.25, -0.2) is 0 Å². The Balaban J connectivity index is 2.24. The van der Waals surface area contributed by atoms with Crippen molar-refractivity contribution in [2.45, 2.75) is 32.2 Å². The molecule has 2 nitrogen and oxygen atoms in total. The summed E-state index contributed by atoms with van der Waals surface area (Å²) in [5.74, 6) is 0. The van der Waals surface area contributed by atoms with E-state index < -0.39 is 0 Å². The van der Waals surface area contributed by atoms with Gasteiger partial charge in [0.05, 0.1) is 0 Å². The lowest BCUT2D eigenvalue weighted by molar-refractivity contribution is 0.282. The molecule has 0 aromatic heterocycles. The van der Waals surface area contributed by atoms with E-state index in [0.717, 1.165) is 30.8 Å². The van der Waals surface area contributed by atoms with Crippen molar-refractivity contribution in [3.63, 3.8) is 0 Å². The Hall–Kier alpha value is -0.570. The lowest BCUT2D eigenvalue weighted by atomic mass is 10.1. The molecule has 0 fully saturated rings. The van der Waals surface area contributed by atoms with Crippen molar-refractivity contribution in [2.75, 3.05) is 13.2 Å². The van der Waals surface area contributed by atoms with Crippen molar-refractivity contribution in [3.8, 4) is 0 Å². The maximum Gasteiger partial charge on any atom is 0.0431 e. The van der Waals surface area contributed by atoms with Crippen LogP contribution < -0.4 is 5.32 Å². The highest BCUT2D eigenvalue weighted by Crippen LogP contribution is 2.15. The summed E-state index contributed by atoms with van der Waals surface area (Å²) in [6, 6.07) is 8.29. The zero-order valence-electron chi connectivity index (χ0n) is 9.75. The van der Waals surface area contributed by atoms with Gasteiger partial charge in [-0.3, -0.25) is 0 Å². The average Bonchev–Trinajstić information content (AvgIpc) is 2.29. The summed E-state index contributed by atoms with van der Waals surface area (Å²) in [5, 5.41) is 12.9. The molecule has 0 aliphatic heterocycles. The zero-order chi connectivity index (χ0) is 11.8. The summed E-state index contributed by atoms with van der Waals surface area (Å²) in [5.41, 5.74) is 1.26. The van der Waals surface area contributed by atoms with Crippen LogP contribution in [0.3, 0.4) is 0 Å². The molecule has 1 unspecified atom stereocenters. The van der Waals surface area contributed by atoms with E-state index in [9.17, 15) is 0 Å². The number of aliphatic hydroxyl groups excluding tert-OH is 1. The van der Waals surface area contributed by atoms with Crippen molar-refractivity contribution in [2.24, 2.45) is 0 Å². The highest BCUT2D eigenvalue weighted by atomic mass is 35.5. The predicted octanol–water partition coefficient (Wildman–Crippen LogP) is 3.15. The fraction of sp³-hybridized carbons (Fsp3) is 0.538. The molecule has 0 bridgehead atoms. The molecule has 90 valence electrons. The molecular formula is C13H20ClNO. The number of nitrogens with one attached hydrogen (secondary N) is 1. The predicted molar refractivity (Wildman–Crippen MR) is 68.8 cm³/mol. The van der Waals surface area contributed by atoms with E-state index in [2.05, 4.69) is 12.2 Å². The van der Waals surface area contributed by atoms with Crippen molar-refractivity contribution < 1.29 is 5.11 Å². The summed E-state index contributed by atoms with van der Waals surface area (Å²) in [6.45, 7) is 3.44. The van der Waals surface area contributed by atoms with Gasteiger partial charge in [-0.1, -0.05) is 23.7 Å². The molecule has 1 aromatic rings. The summed E-state index contributed by atoms with van der Waals surface area (Å²) >= 11 is 5.83. The fourth-order valence-electron chi connectivity index (χ4n) is 1.60. The highest BCUT2D eigenvalue weighted by Gasteiger charge is 2.03. The monoisotopic (exact) mass is 241 g/mol. The number of unbranched alkanes of at least 4 members (excludes halogenated alkanes) is 2. The van der Waals surface area contributed by atoms with Gasteiger partial charge in [0.15, 0.2) is 0 Å². The lowest BCUT2D eigenvalue weighted by Gasteiger charge is -2.14. The van der Waals surface area contributed by atoms with Gasteiger partial charge in [0.2, 0.25) is 0 Å². The van der Waals surface area contributed by atoms with E-state index in [1.54, 1.807) is 0 Å². The maximum atomic E-state index is 8.65. The standard InChI is InChI=1S/C13H20ClNO/c1-11(15-9-3-2-4-10-16)12-5-7-13(14)8-6-12/h5-8,11,15-16H,2-4,9-10H2,1H3. The van der Waals surface area contributed by atoms with Gasteiger partial charge in [0, 0.05) is 17.7 Å². The van der Waals surface area contributed by atoms with Crippen molar-refractivity contribution in [1.82, 2.24) is 5.32 Å². The van der Waals surface area contributed by atoms with Crippen LogP contribution in [-0.4, -0.2) is 18.3 Å². The molecule has 0 saturated heterocycles. The first kappa shape index (κ1) is 13.5. The molecule has 0 aliphatic rings. The van der Waals surface area contributed by atoms with Crippen LogP contribution in [0.1, 0.15) is 37.8 Å². The van der Waals surface area contributed by atoms with Gasteiger partial charge < -0.3 is 10.4 Å². The summed E-state index contributed by atoms with van der Waals surface area (Å²) in [7, 11) is 0. The average molecular weight is 242 g/mol. The molecule has 0 saturated carbocycles. The van der Waals surface area contributed by atoms with Gasteiger partial charge >= 0.3 is 0 Å². The number of rotatable bonds is 7. The minimum atomic E-state index is 0.298. The first-order valence-electron chi connectivity index (χ1n) is 5.83. The lowest BCUT2D eigenvalue weighted by Crippen LogP contribution is -2.19. The molecule has 0 spiro atoms. The number of hydrogen-bond donors (Lipinski definition) is 2. The van der Waals surface area contributed by atoms with Crippen molar-refractivity contribution in [3.05, 3.63) is 34.9 Å². The number of aliphatic hydroxyl groups is 1. The topological polar surface area (TPSA) is 32.3 Å². The quantitative estimate of drug-likeness (QED) is 0.719. The molecule has 0 aliphatic carbocycles. The Morgan fingerprint density at radius 2 is 1.88 bits per heavy atom. The Morgan fingerprint density at radius 1 is 1.19 bits per heavy atom. The van der Waals surface area contributed by atoms with Crippen LogP contribution in [-0.2, 0) is 0 Å². The molecule has 2 N–H and O–H groups in total. The first-order chi connectivity index (χ1) is 7.74. The van der Waals surface area contributed by atoms with E-state index in [4.69, 9.17) is 16.7 Å². The van der Waals surface area contributed by atoms with Gasteiger partial charge in [-0.05, 0) is 50.4 Å². The van der Waals surface area contributed by atoms with Crippen LogP contribution in [0, 0.1) is 0 Å². The Morgan fingerprint density at radius 3 is 2.50 bits per heavy atom. The normalized spacial score (nSPS) is 12.7. The number of benzene rings is 1. The molecule has 1 atom stereocenters. The third kappa shape index (κ3) is 4.97. The van der Waals surface area contributed by atoms with Crippen LogP contribution in [0.25, 0.3) is 0 Å². The van der Waals surface area contributed by atoms with Gasteiger partial charge in [0.1, 0.15) is 0 Å². The maximum absolute atomic E-state index is 8.65. The summed E-state index contributed by atoms with van der Waals surface area (Å²) in [6.07, 6.45) is 3.09. The first-order valence-corrected chi connectivity index (χ1v) is 6.21. The van der Waals surface area contributed by atoms with Crippen LogP contribution in [0.2, 0.25) is 5.02 Å². The fourth-order valence-corrected chi connectivity index (χ4v) is 1.73. The third-order valence-electron chi connectivity index (χ3n) is 2.66. The SMILES string of the molecule is CC(NCCCCCO)c1ccc(Cl)cc1. The highest BCUT2D eigenvalue weighted by molar-refractivity contribution is 6.30. The van der Waals surface area contributed by atoms with E-state index in [-0.39, 0.29) is 0 Å². The summed E-state index contributed by atoms with van der Waals surface area (Å²) < 4.78 is 0. The van der Waals surface area contributed by atoms with E-state index in [1.165, 1.54) is 5.56 Å². The molecule has 1 rings (SSSR count). The second kappa shape index (κ2) is 7.66. The zero-order valence-corrected chi connectivity index (χ0v) is 10.5. The molecule has 1 aromatic carbocycles. The molecular weight excluding hydrogens is 222 g/mol. The van der Waals surface area contributed by atoms with Crippen LogP contribution in [0.15, 0.2) is 24.3 Å². The largest absolute Gasteiger partial charge is 0.396 e.